The Kier molecular flexibility index (Phi) is 6.51. The highest BCUT2D eigenvalue weighted by atomic mass is 35.5. The molecule has 0 heterocycles. The molecule has 2 rings (SSSR count). The minimum atomic E-state index is -3.61. The zero-order valence-corrected chi connectivity index (χ0v) is 16.8. The van der Waals surface area contributed by atoms with E-state index in [2.05, 4.69) is 30.8 Å². The molecule has 0 unspecified atom stereocenters. The van der Waals surface area contributed by atoms with E-state index in [0.717, 1.165) is 5.56 Å². The molecule has 0 amide bonds. The third kappa shape index (κ3) is 6.28. The van der Waals surface area contributed by atoms with E-state index >= 15 is 0 Å². The highest BCUT2D eigenvalue weighted by molar-refractivity contribution is 7.89. The molecule has 0 atom stereocenters. The van der Waals surface area contributed by atoms with Crippen LogP contribution in [0.3, 0.4) is 0 Å². The largest absolute Gasteiger partial charge is 0.308 e. The molecule has 0 spiro atoms. The second-order valence-corrected chi connectivity index (χ2v) is 9.42. The number of hydrogen-bond acceptors (Lipinski definition) is 3. The monoisotopic (exact) mass is 400 g/mol. The van der Waals surface area contributed by atoms with Crippen LogP contribution in [-0.2, 0) is 23.1 Å². The van der Waals surface area contributed by atoms with Gasteiger partial charge in [0.15, 0.2) is 0 Å². The standard InChI is InChI=1S/C18H22Cl2N2O2S/c1-18(2,3)21-11-13-4-8-16(9-5-13)25(23,24)22-12-14-6-7-15(19)10-17(14)20/h4-10,21-22H,11-12H2,1-3H3. The van der Waals surface area contributed by atoms with Gasteiger partial charge in [0.05, 0.1) is 4.90 Å². The lowest BCUT2D eigenvalue weighted by Gasteiger charge is -2.20. The van der Waals surface area contributed by atoms with Gasteiger partial charge < -0.3 is 5.32 Å². The molecule has 2 aromatic carbocycles. The van der Waals surface area contributed by atoms with Crippen LogP contribution in [0.2, 0.25) is 10.0 Å². The topological polar surface area (TPSA) is 58.2 Å². The van der Waals surface area contributed by atoms with Crippen molar-refractivity contribution in [2.24, 2.45) is 0 Å². The number of hydrogen-bond donors (Lipinski definition) is 2. The average Bonchev–Trinajstić information content (AvgIpc) is 2.52. The van der Waals surface area contributed by atoms with Crippen LogP contribution in [0.4, 0.5) is 0 Å². The number of halogens is 2. The zero-order chi connectivity index (χ0) is 18.7. The Bertz CT molecular complexity index is 829. The molecule has 0 aliphatic carbocycles. The molecule has 7 heteroatoms. The van der Waals surface area contributed by atoms with E-state index in [0.29, 0.717) is 22.2 Å². The van der Waals surface area contributed by atoms with E-state index in [4.69, 9.17) is 23.2 Å². The lowest BCUT2D eigenvalue weighted by molar-refractivity contribution is 0.424. The highest BCUT2D eigenvalue weighted by Gasteiger charge is 2.15. The second-order valence-electron chi connectivity index (χ2n) is 6.81. The Morgan fingerprint density at radius 3 is 2.16 bits per heavy atom. The van der Waals surface area contributed by atoms with Crippen molar-refractivity contribution in [1.29, 1.82) is 0 Å². The molecular formula is C18H22Cl2N2O2S. The van der Waals surface area contributed by atoms with Crippen molar-refractivity contribution in [1.82, 2.24) is 10.0 Å². The van der Waals surface area contributed by atoms with E-state index in [9.17, 15) is 8.42 Å². The van der Waals surface area contributed by atoms with Crippen molar-refractivity contribution < 1.29 is 8.42 Å². The summed E-state index contributed by atoms with van der Waals surface area (Å²) in [5.41, 5.74) is 1.69. The minimum Gasteiger partial charge on any atom is -0.308 e. The number of sulfonamides is 1. The molecule has 0 bridgehead atoms. The van der Waals surface area contributed by atoms with Crippen LogP contribution < -0.4 is 10.0 Å². The van der Waals surface area contributed by atoms with E-state index in [-0.39, 0.29) is 17.0 Å². The predicted octanol–water partition coefficient (Wildman–Crippen LogP) is 4.36. The van der Waals surface area contributed by atoms with Crippen molar-refractivity contribution in [3.63, 3.8) is 0 Å². The number of benzene rings is 2. The van der Waals surface area contributed by atoms with Crippen molar-refractivity contribution >= 4 is 33.2 Å². The summed E-state index contributed by atoms with van der Waals surface area (Å²) < 4.78 is 27.4. The van der Waals surface area contributed by atoms with Gasteiger partial charge in [0.2, 0.25) is 10.0 Å². The van der Waals surface area contributed by atoms with Crippen molar-refractivity contribution in [3.05, 3.63) is 63.6 Å². The van der Waals surface area contributed by atoms with Crippen LogP contribution in [0.25, 0.3) is 0 Å². The van der Waals surface area contributed by atoms with E-state index < -0.39 is 10.0 Å². The first kappa shape index (κ1) is 20.2. The molecule has 25 heavy (non-hydrogen) atoms. The van der Waals surface area contributed by atoms with E-state index in [1.165, 1.54) is 0 Å². The molecule has 0 aromatic heterocycles. The Labute approximate surface area is 159 Å². The normalized spacial score (nSPS) is 12.4. The van der Waals surface area contributed by atoms with Gasteiger partial charge in [0.25, 0.3) is 0 Å². The molecule has 0 saturated heterocycles. The Hall–Kier alpha value is -1.11. The first-order chi connectivity index (χ1) is 11.6. The van der Waals surface area contributed by atoms with Gasteiger partial charge in [-0.1, -0.05) is 41.4 Å². The molecule has 0 aliphatic heterocycles. The molecule has 0 saturated carbocycles. The Morgan fingerprint density at radius 1 is 0.960 bits per heavy atom. The van der Waals surface area contributed by atoms with E-state index in [1.807, 2.05) is 12.1 Å². The maximum atomic E-state index is 12.4. The fourth-order valence-electron chi connectivity index (χ4n) is 2.07. The number of rotatable bonds is 6. The third-order valence-corrected chi connectivity index (χ3v) is 5.53. The molecule has 0 aliphatic rings. The molecular weight excluding hydrogens is 379 g/mol. The Morgan fingerprint density at radius 2 is 1.60 bits per heavy atom. The molecule has 0 fully saturated rings. The molecule has 4 nitrogen and oxygen atoms in total. The van der Waals surface area contributed by atoms with Gasteiger partial charge in [-0.2, -0.15) is 0 Å². The predicted molar refractivity (Wildman–Crippen MR) is 104 cm³/mol. The second kappa shape index (κ2) is 8.06. The third-order valence-electron chi connectivity index (χ3n) is 3.52. The highest BCUT2D eigenvalue weighted by Crippen LogP contribution is 2.21. The van der Waals surface area contributed by atoms with E-state index in [1.54, 1.807) is 30.3 Å². The summed E-state index contributed by atoms with van der Waals surface area (Å²) in [6.07, 6.45) is 0. The lowest BCUT2D eigenvalue weighted by atomic mass is 10.1. The summed E-state index contributed by atoms with van der Waals surface area (Å²) in [7, 11) is -3.61. The van der Waals surface area contributed by atoms with Crippen LogP contribution in [0, 0.1) is 0 Å². The summed E-state index contributed by atoms with van der Waals surface area (Å²) in [5.74, 6) is 0. The van der Waals surface area contributed by atoms with Crippen molar-refractivity contribution in [2.45, 2.75) is 44.3 Å². The number of nitrogens with one attached hydrogen (secondary N) is 2. The summed E-state index contributed by atoms with van der Waals surface area (Å²) in [6, 6.07) is 11.8. The average molecular weight is 401 g/mol. The van der Waals surface area contributed by atoms with Gasteiger partial charge >= 0.3 is 0 Å². The van der Waals surface area contributed by atoms with Gasteiger partial charge in [-0.3, -0.25) is 0 Å². The van der Waals surface area contributed by atoms with Crippen LogP contribution in [-0.4, -0.2) is 14.0 Å². The lowest BCUT2D eigenvalue weighted by Crippen LogP contribution is -2.35. The zero-order valence-electron chi connectivity index (χ0n) is 14.4. The summed E-state index contributed by atoms with van der Waals surface area (Å²) in [4.78, 5) is 0.220. The summed E-state index contributed by atoms with van der Waals surface area (Å²) in [6.45, 7) is 7.02. The van der Waals surface area contributed by atoms with Crippen LogP contribution in [0.15, 0.2) is 47.4 Å². The van der Waals surface area contributed by atoms with Gasteiger partial charge in [0.1, 0.15) is 0 Å². The molecule has 2 N–H and O–H groups in total. The van der Waals surface area contributed by atoms with Crippen molar-refractivity contribution in [3.8, 4) is 0 Å². The smallest absolute Gasteiger partial charge is 0.240 e. The van der Waals surface area contributed by atoms with Crippen molar-refractivity contribution in [2.75, 3.05) is 0 Å². The Balaban J connectivity index is 2.04. The van der Waals surface area contributed by atoms with Crippen LogP contribution in [0.5, 0.6) is 0 Å². The first-order valence-corrected chi connectivity index (χ1v) is 10.1. The summed E-state index contributed by atoms with van der Waals surface area (Å²) in [5, 5.41) is 4.30. The minimum absolute atomic E-state index is 0.00412. The maximum absolute atomic E-state index is 12.4. The molecule has 2 aromatic rings. The van der Waals surface area contributed by atoms with Gasteiger partial charge in [0, 0.05) is 28.7 Å². The molecule has 0 radical (unpaired) electrons. The van der Waals surface area contributed by atoms with Gasteiger partial charge in [-0.05, 0) is 56.2 Å². The fourth-order valence-corrected chi connectivity index (χ4v) is 3.56. The SMILES string of the molecule is CC(C)(C)NCc1ccc(S(=O)(=O)NCc2ccc(Cl)cc2Cl)cc1. The quantitative estimate of drug-likeness (QED) is 0.756. The fraction of sp³-hybridized carbons (Fsp3) is 0.333. The van der Waals surface area contributed by atoms with Crippen LogP contribution >= 0.6 is 23.2 Å². The van der Waals surface area contributed by atoms with Gasteiger partial charge in [-0.15, -0.1) is 0 Å². The maximum Gasteiger partial charge on any atom is 0.240 e. The first-order valence-electron chi connectivity index (χ1n) is 7.84. The van der Waals surface area contributed by atoms with Crippen LogP contribution in [0.1, 0.15) is 31.9 Å². The van der Waals surface area contributed by atoms with Gasteiger partial charge in [-0.25, -0.2) is 13.1 Å². The molecule has 136 valence electrons. The summed E-state index contributed by atoms with van der Waals surface area (Å²) >= 11 is 11.9.